The second-order valence-electron chi connectivity index (χ2n) is 6.38. The van der Waals surface area contributed by atoms with E-state index in [0.29, 0.717) is 23.4 Å². The van der Waals surface area contributed by atoms with Crippen LogP contribution in [0.2, 0.25) is 0 Å². The highest BCUT2D eigenvalue weighted by molar-refractivity contribution is 6.34. The Balaban J connectivity index is 1.42. The summed E-state index contributed by atoms with van der Waals surface area (Å²) in [7, 11) is 0. The van der Waals surface area contributed by atoms with Crippen molar-refractivity contribution < 1.29 is 14.3 Å². The fourth-order valence-corrected chi connectivity index (χ4v) is 3.41. The molecule has 0 atom stereocenters. The number of benzene rings is 2. The first kappa shape index (κ1) is 15.8. The van der Waals surface area contributed by atoms with Crippen molar-refractivity contribution >= 4 is 17.5 Å². The highest BCUT2D eigenvalue weighted by Gasteiger charge is 2.36. The third kappa shape index (κ3) is 3.03. The maximum atomic E-state index is 12.5. The number of carbonyl (C=O) groups is 2. The maximum absolute atomic E-state index is 12.5. The molecule has 2 aromatic rings. The van der Waals surface area contributed by atoms with Crippen molar-refractivity contribution in [1.82, 2.24) is 4.90 Å². The third-order valence-corrected chi connectivity index (χ3v) is 4.76. The van der Waals surface area contributed by atoms with Crippen LogP contribution in [0.25, 0.3) is 0 Å². The zero-order valence-electron chi connectivity index (χ0n) is 14.0. The highest BCUT2D eigenvalue weighted by Crippen LogP contribution is 2.29. The topological polar surface area (TPSA) is 49.9 Å². The third-order valence-electron chi connectivity index (χ3n) is 4.76. The average molecular weight is 336 g/mol. The van der Waals surface area contributed by atoms with E-state index in [1.807, 2.05) is 12.1 Å². The van der Waals surface area contributed by atoms with Crippen LogP contribution in [0.3, 0.4) is 0 Å². The molecule has 5 nitrogen and oxygen atoms in total. The molecule has 0 spiro atoms. The highest BCUT2D eigenvalue weighted by atomic mass is 16.5. The summed E-state index contributed by atoms with van der Waals surface area (Å²) in [6.45, 7) is 3.89. The Kier molecular flexibility index (Phi) is 4.24. The first-order chi connectivity index (χ1) is 12.2. The molecule has 2 aromatic carbocycles. The van der Waals surface area contributed by atoms with Gasteiger partial charge in [0.05, 0.1) is 16.8 Å². The largest absolute Gasteiger partial charge is 0.492 e. The summed E-state index contributed by atoms with van der Waals surface area (Å²) < 4.78 is 5.77. The van der Waals surface area contributed by atoms with Crippen LogP contribution in [0.1, 0.15) is 33.6 Å². The summed E-state index contributed by atoms with van der Waals surface area (Å²) >= 11 is 0. The minimum absolute atomic E-state index is 0.275. The van der Waals surface area contributed by atoms with E-state index in [2.05, 4.69) is 4.90 Å². The summed E-state index contributed by atoms with van der Waals surface area (Å²) in [4.78, 5) is 28.6. The summed E-state index contributed by atoms with van der Waals surface area (Å²) in [5.41, 5.74) is 1.48. The van der Waals surface area contributed by atoms with Gasteiger partial charge in [0.25, 0.3) is 11.8 Å². The van der Waals surface area contributed by atoms with Gasteiger partial charge >= 0.3 is 0 Å². The van der Waals surface area contributed by atoms with E-state index in [-0.39, 0.29) is 11.8 Å². The molecule has 128 valence electrons. The Bertz CT molecular complexity index is 760. The number of fused-ring (bicyclic) bond motifs is 1. The van der Waals surface area contributed by atoms with E-state index < -0.39 is 0 Å². The zero-order chi connectivity index (χ0) is 17.2. The first-order valence-corrected chi connectivity index (χ1v) is 8.67. The van der Waals surface area contributed by atoms with E-state index in [1.54, 1.807) is 36.4 Å². The van der Waals surface area contributed by atoms with Crippen LogP contribution in [0.5, 0.6) is 5.75 Å². The van der Waals surface area contributed by atoms with Crippen LogP contribution in [-0.4, -0.2) is 43.0 Å². The van der Waals surface area contributed by atoms with Crippen molar-refractivity contribution in [1.29, 1.82) is 0 Å². The molecule has 2 amide bonds. The van der Waals surface area contributed by atoms with Gasteiger partial charge in [-0.05, 0) is 62.3 Å². The van der Waals surface area contributed by atoms with Gasteiger partial charge in [-0.25, -0.2) is 4.90 Å². The number of hydrogen-bond acceptors (Lipinski definition) is 4. The lowest BCUT2D eigenvalue weighted by Gasteiger charge is -2.16. The number of rotatable bonds is 5. The zero-order valence-corrected chi connectivity index (χ0v) is 14.0. The van der Waals surface area contributed by atoms with Gasteiger partial charge in [-0.2, -0.15) is 0 Å². The Labute approximate surface area is 146 Å². The van der Waals surface area contributed by atoms with Crippen molar-refractivity contribution in [2.24, 2.45) is 0 Å². The van der Waals surface area contributed by atoms with Gasteiger partial charge in [-0.1, -0.05) is 12.1 Å². The minimum atomic E-state index is -0.275. The van der Waals surface area contributed by atoms with E-state index in [4.69, 9.17) is 4.74 Å². The molecule has 1 fully saturated rings. The summed E-state index contributed by atoms with van der Waals surface area (Å²) in [6, 6.07) is 14.0. The van der Waals surface area contributed by atoms with Gasteiger partial charge in [0.2, 0.25) is 0 Å². The van der Waals surface area contributed by atoms with Crippen LogP contribution in [0, 0.1) is 0 Å². The number of amides is 2. The fraction of sp³-hybridized carbons (Fsp3) is 0.300. The van der Waals surface area contributed by atoms with Gasteiger partial charge in [0, 0.05) is 6.54 Å². The monoisotopic (exact) mass is 336 g/mol. The molecule has 0 aromatic heterocycles. The Hall–Kier alpha value is -2.66. The van der Waals surface area contributed by atoms with Gasteiger partial charge in [-0.15, -0.1) is 0 Å². The quantitative estimate of drug-likeness (QED) is 0.788. The second-order valence-corrected chi connectivity index (χ2v) is 6.38. The smallest absolute Gasteiger partial charge is 0.266 e. The van der Waals surface area contributed by atoms with Gasteiger partial charge in [-0.3, -0.25) is 14.5 Å². The minimum Gasteiger partial charge on any atom is -0.492 e. The van der Waals surface area contributed by atoms with Crippen molar-refractivity contribution in [2.75, 3.05) is 31.1 Å². The van der Waals surface area contributed by atoms with Crippen LogP contribution in [0.15, 0.2) is 48.5 Å². The number of imide groups is 1. The fourth-order valence-electron chi connectivity index (χ4n) is 3.41. The molecule has 0 radical (unpaired) electrons. The van der Waals surface area contributed by atoms with Gasteiger partial charge < -0.3 is 4.74 Å². The van der Waals surface area contributed by atoms with Gasteiger partial charge in [0.15, 0.2) is 0 Å². The molecular formula is C20H20N2O3. The van der Waals surface area contributed by atoms with Crippen molar-refractivity contribution in [3.63, 3.8) is 0 Å². The molecule has 2 aliphatic rings. The molecule has 25 heavy (non-hydrogen) atoms. The predicted octanol–water partition coefficient (Wildman–Crippen LogP) is 2.96. The molecule has 5 heteroatoms. The second kappa shape index (κ2) is 6.69. The number of carbonyl (C=O) groups excluding carboxylic acids is 2. The molecule has 2 aliphatic heterocycles. The van der Waals surface area contributed by atoms with E-state index in [0.717, 1.165) is 25.4 Å². The summed E-state index contributed by atoms with van der Waals surface area (Å²) in [5.74, 6) is 0.200. The summed E-state index contributed by atoms with van der Waals surface area (Å²) in [5, 5.41) is 0. The maximum Gasteiger partial charge on any atom is 0.266 e. The lowest BCUT2D eigenvalue weighted by molar-refractivity contribution is 0.0926. The number of nitrogens with zero attached hydrogens (tertiary/aromatic N) is 2. The molecule has 0 aliphatic carbocycles. The molecule has 0 saturated carbocycles. The Morgan fingerprint density at radius 1 is 0.840 bits per heavy atom. The predicted molar refractivity (Wildman–Crippen MR) is 95.2 cm³/mol. The Morgan fingerprint density at radius 3 is 2.04 bits per heavy atom. The molecule has 0 unspecified atom stereocenters. The van der Waals surface area contributed by atoms with Crippen LogP contribution in [0.4, 0.5) is 5.69 Å². The molecule has 4 rings (SSSR count). The normalized spacial score (nSPS) is 17.2. The lowest BCUT2D eigenvalue weighted by Crippen LogP contribution is -2.29. The van der Waals surface area contributed by atoms with Crippen LogP contribution < -0.4 is 9.64 Å². The SMILES string of the molecule is O=C1c2ccccc2C(=O)N1c1ccc(OCCN2CCCC2)cc1. The molecule has 1 saturated heterocycles. The Morgan fingerprint density at radius 2 is 1.44 bits per heavy atom. The summed E-state index contributed by atoms with van der Waals surface area (Å²) in [6.07, 6.45) is 2.55. The number of hydrogen-bond donors (Lipinski definition) is 0. The number of ether oxygens (including phenoxy) is 1. The first-order valence-electron chi connectivity index (χ1n) is 8.67. The molecule has 0 N–H and O–H groups in total. The molecule has 0 bridgehead atoms. The molecular weight excluding hydrogens is 316 g/mol. The standard InChI is InChI=1S/C20H20N2O3/c23-19-17-5-1-2-6-18(17)20(24)22(19)15-7-9-16(10-8-15)25-14-13-21-11-3-4-12-21/h1-2,5-10H,3-4,11-14H2. The average Bonchev–Trinajstić information content (AvgIpc) is 3.24. The number of anilines is 1. The van der Waals surface area contributed by atoms with Crippen LogP contribution in [-0.2, 0) is 0 Å². The van der Waals surface area contributed by atoms with E-state index >= 15 is 0 Å². The van der Waals surface area contributed by atoms with Gasteiger partial charge in [0.1, 0.15) is 12.4 Å². The number of likely N-dealkylation sites (tertiary alicyclic amines) is 1. The lowest BCUT2D eigenvalue weighted by atomic mass is 10.1. The van der Waals surface area contributed by atoms with Crippen molar-refractivity contribution in [2.45, 2.75) is 12.8 Å². The van der Waals surface area contributed by atoms with E-state index in [1.165, 1.54) is 17.7 Å². The van der Waals surface area contributed by atoms with Crippen molar-refractivity contribution in [3.8, 4) is 5.75 Å². The van der Waals surface area contributed by atoms with Crippen LogP contribution >= 0.6 is 0 Å². The molecule has 2 heterocycles. The van der Waals surface area contributed by atoms with E-state index in [9.17, 15) is 9.59 Å². The van der Waals surface area contributed by atoms with Crippen molar-refractivity contribution in [3.05, 3.63) is 59.7 Å².